The summed E-state index contributed by atoms with van der Waals surface area (Å²) in [7, 11) is 1.79. The molecule has 3 rings (SSSR count). The van der Waals surface area contributed by atoms with Crippen LogP contribution in [0.3, 0.4) is 0 Å². The molecule has 3 atom stereocenters. The van der Waals surface area contributed by atoms with Gasteiger partial charge in [-0.3, -0.25) is 9.69 Å². The van der Waals surface area contributed by atoms with E-state index in [1.54, 1.807) is 11.9 Å². The summed E-state index contributed by atoms with van der Waals surface area (Å²) in [5, 5.41) is 20.0. The quantitative estimate of drug-likeness (QED) is 0.833. The van der Waals surface area contributed by atoms with Gasteiger partial charge in [0.1, 0.15) is 5.54 Å². The molecule has 2 saturated carbocycles. The highest BCUT2D eigenvalue weighted by Crippen LogP contribution is 2.34. The number of nitrogens with zero attached hydrogens (tertiary/aromatic N) is 3. The first-order valence-corrected chi connectivity index (χ1v) is 9.75. The van der Waals surface area contributed by atoms with Crippen LogP contribution >= 0.6 is 0 Å². The molecule has 0 aromatic rings. The average Bonchev–Trinajstić information content (AvgIpc) is 3.08. The summed E-state index contributed by atoms with van der Waals surface area (Å²) in [6.07, 6.45) is 7.33. The fraction of sp³-hybridized carbons (Fsp3) is 0.895. The molecule has 1 heterocycles. The highest BCUT2D eigenvalue weighted by Gasteiger charge is 2.42. The van der Waals surface area contributed by atoms with Gasteiger partial charge < -0.3 is 14.7 Å². The van der Waals surface area contributed by atoms with Crippen LogP contribution in [0.4, 0.5) is 0 Å². The lowest BCUT2D eigenvalue weighted by atomic mass is 9.81. The van der Waals surface area contributed by atoms with Crippen molar-refractivity contribution in [3.05, 3.63) is 0 Å². The second-order valence-corrected chi connectivity index (χ2v) is 7.93. The standard InChI is InChI=1S/C19H31N3O3/c1-21(19(14-20)8-3-2-4-9-19)18(24)12-22-10-11-25-13-16(22)15-6-5-7-17(15)23/h15-17,23H,2-13H2,1H3/t15-,16-,17-/m1/s1. The third-order valence-corrected chi connectivity index (χ3v) is 6.55. The van der Waals surface area contributed by atoms with Crippen molar-refractivity contribution in [3.8, 4) is 6.07 Å². The van der Waals surface area contributed by atoms with Crippen LogP contribution in [-0.2, 0) is 9.53 Å². The third-order valence-electron chi connectivity index (χ3n) is 6.55. The maximum Gasteiger partial charge on any atom is 0.237 e. The Labute approximate surface area is 150 Å². The van der Waals surface area contributed by atoms with E-state index >= 15 is 0 Å². The van der Waals surface area contributed by atoms with Crippen LogP contribution in [0.1, 0.15) is 51.4 Å². The van der Waals surface area contributed by atoms with Crippen molar-refractivity contribution in [1.82, 2.24) is 9.80 Å². The van der Waals surface area contributed by atoms with Gasteiger partial charge in [0.25, 0.3) is 0 Å². The maximum atomic E-state index is 12.9. The Morgan fingerprint density at radius 1 is 1.32 bits per heavy atom. The molecule has 140 valence electrons. The number of morpholine rings is 1. The molecular weight excluding hydrogens is 318 g/mol. The molecule has 3 aliphatic rings. The first-order valence-electron chi connectivity index (χ1n) is 9.75. The van der Waals surface area contributed by atoms with E-state index in [-0.39, 0.29) is 24.0 Å². The fourth-order valence-electron chi connectivity index (χ4n) is 4.84. The lowest BCUT2D eigenvalue weighted by Crippen LogP contribution is -2.57. The zero-order valence-electron chi connectivity index (χ0n) is 15.3. The van der Waals surface area contributed by atoms with E-state index < -0.39 is 5.54 Å². The van der Waals surface area contributed by atoms with Gasteiger partial charge in [-0.05, 0) is 25.7 Å². The summed E-state index contributed by atoms with van der Waals surface area (Å²) in [4.78, 5) is 16.8. The predicted molar refractivity (Wildman–Crippen MR) is 93.7 cm³/mol. The van der Waals surface area contributed by atoms with Gasteiger partial charge in [-0.2, -0.15) is 5.26 Å². The fourth-order valence-corrected chi connectivity index (χ4v) is 4.84. The van der Waals surface area contributed by atoms with E-state index in [4.69, 9.17) is 4.74 Å². The van der Waals surface area contributed by atoms with Crippen LogP contribution in [0.15, 0.2) is 0 Å². The minimum Gasteiger partial charge on any atom is -0.393 e. The van der Waals surface area contributed by atoms with Gasteiger partial charge in [0, 0.05) is 25.6 Å². The number of carbonyl (C=O) groups excluding carboxylic acids is 1. The predicted octanol–water partition coefficient (Wildman–Crippen LogP) is 1.53. The maximum absolute atomic E-state index is 12.9. The van der Waals surface area contributed by atoms with Crippen LogP contribution in [0, 0.1) is 17.2 Å². The second kappa shape index (κ2) is 8.03. The molecule has 6 nitrogen and oxygen atoms in total. The Balaban J connectivity index is 1.66. The van der Waals surface area contributed by atoms with Gasteiger partial charge in [0.2, 0.25) is 5.91 Å². The molecule has 0 unspecified atom stereocenters. The zero-order chi connectivity index (χ0) is 17.9. The Bertz CT molecular complexity index is 513. The van der Waals surface area contributed by atoms with Crippen LogP contribution in [0.25, 0.3) is 0 Å². The van der Waals surface area contributed by atoms with E-state index in [1.165, 1.54) is 0 Å². The molecule has 1 amide bonds. The molecule has 2 aliphatic carbocycles. The summed E-state index contributed by atoms with van der Waals surface area (Å²) in [6, 6.07) is 2.54. The summed E-state index contributed by atoms with van der Waals surface area (Å²) in [5.41, 5.74) is -0.635. The second-order valence-electron chi connectivity index (χ2n) is 7.93. The summed E-state index contributed by atoms with van der Waals surface area (Å²) in [5.74, 6) is 0.209. The first-order chi connectivity index (χ1) is 12.1. The molecule has 0 bridgehead atoms. The van der Waals surface area contributed by atoms with Crippen molar-refractivity contribution >= 4 is 5.91 Å². The number of hydrogen-bond acceptors (Lipinski definition) is 5. The Hall–Kier alpha value is -1.16. The van der Waals surface area contributed by atoms with E-state index in [0.29, 0.717) is 26.3 Å². The van der Waals surface area contributed by atoms with Crippen molar-refractivity contribution in [2.24, 2.45) is 5.92 Å². The average molecular weight is 349 g/mol. The molecule has 0 radical (unpaired) electrons. The van der Waals surface area contributed by atoms with E-state index in [1.807, 2.05) is 0 Å². The molecule has 3 fully saturated rings. The van der Waals surface area contributed by atoms with Crippen molar-refractivity contribution in [1.29, 1.82) is 5.26 Å². The minimum atomic E-state index is -0.635. The minimum absolute atomic E-state index is 0.0165. The highest BCUT2D eigenvalue weighted by atomic mass is 16.5. The van der Waals surface area contributed by atoms with Crippen LogP contribution in [-0.4, -0.2) is 71.8 Å². The van der Waals surface area contributed by atoms with Crippen molar-refractivity contribution in [2.75, 3.05) is 33.4 Å². The molecule has 1 N–H and O–H groups in total. The number of carbonyl (C=O) groups is 1. The third kappa shape index (κ3) is 3.84. The summed E-state index contributed by atoms with van der Waals surface area (Å²) >= 11 is 0. The van der Waals surface area contributed by atoms with Crippen molar-refractivity contribution in [3.63, 3.8) is 0 Å². The van der Waals surface area contributed by atoms with Gasteiger partial charge in [0.05, 0.1) is 31.9 Å². The number of nitriles is 1. The molecule has 6 heteroatoms. The number of hydrogen-bond donors (Lipinski definition) is 1. The lowest BCUT2D eigenvalue weighted by Gasteiger charge is -2.43. The summed E-state index contributed by atoms with van der Waals surface area (Å²) < 4.78 is 5.64. The van der Waals surface area contributed by atoms with Crippen LogP contribution in [0.5, 0.6) is 0 Å². The normalized spacial score (nSPS) is 32.9. The SMILES string of the molecule is CN(C(=O)CN1CCOC[C@@H]1[C@H]1CCC[C@H]1O)C1(C#N)CCCCC1. The van der Waals surface area contributed by atoms with Crippen molar-refractivity contribution in [2.45, 2.75) is 69.1 Å². The van der Waals surface area contributed by atoms with E-state index in [0.717, 1.165) is 51.4 Å². The van der Waals surface area contributed by atoms with Gasteiger partial charge in [0.15, 0.2) is 0 Å². The van der Waals surface area contributed by atoms with Crippen molar-refractivity contribution < 1.29 is 14.6 Å². The largest absolute Gasteiger partial charge is 0.393 e. The van der Waals surface area contributed by atoms with Gasteiger partial charge in [-0.1, -0.05) is 25.7 Å². The molecular formula is C19H31N3O3. The van der Waals surface area contributed by atoms with Gasteiger partial charge in [-0.25, -0.2) is 0 Å². The topological polar surface area (TPSA) is 76.8 Å². The van der Waals surface area contributed by atoms with E-state index in [9.17, 15) is 15.2 Å². The smallest absolute Gasteiger partial charge is 0.237 e. The lowest BCUT2D eigenvalue weighted by molar-refractivity contribution is -0.140. The van der Waals surface area contributed by atoms with Gasteiger partial charge in [-0.15, -0.1) is 0 Å². The number of aliphatic hydroxyl groups excluding tert-OH is 1. The number of likely N-dealkylation sites (N-methyl/N-ethyl adjacent to an activating group) is 1. The number of amides is 1. The molecule has 25 heavy (non-hydrogen) atoms. The monoisotopic (exact) mass is 349 g/mol. The molecule has 1 aliphatic heterocycles. The zero-order valence-corrected chi connectivity index (χ0v) is 15.3. The molecule has 0 aromatic carbocycles. The molecule has 0 aromatic heterocycles. The van der Waals surface area contributed by atoms with Crippen LogP contribution < -0.4 is 0 Å². The number of ether oxygens (including phenoxy) is 1. The number of aliphatic hydroxyl groups is 1. The Morgan fingerprint density at radius 3 is 2.72 bits per heavy atom. The van der Waals surface area contributed by atoms with Gasteiger partial charge >= 0.3 is 0 Å². The molecule has 1 saturated heterocycles. The Kier molecular flexibility index (Phi) is 5.98. The summed E-state index contributed by atoms with van der Waals surface area (Å²) in [6.45, 7) is 2.24. The molecule has 0 spiro atoms. The Morgan fingerprint density at radius 2 is 2.08 bits per heavy atom. The number of rotatable bonds is 4. The van der Waals surface area contributed by atoms with E-state index in [2.05, 4.69) is 11.0 Å². The first kappa shape index (κ1) is 18.6. The van der Waals surface area contributed by atoms with Crippen LogP contribution in [0.2, 0.25) is 0 Å². The highest BCUT2D eigenvalue weighted by molar-refractivity contribution is 5.79.